The molecule has 3 atom stereocenters. The number of likely N-dealkylation sites (tertiary alicyclic amines) is 1. The second kappa shape index (κ2) is 10.5. The van der Waals surface area contributed by atoms with Crippen molar-refractivity contribution in [3.8, 4) is 0 Å². The number of benzene rings is 3. The highest BCUT2D eigenvalue weighted by atomic mass is 35.5. The monoisotopic (exact) mass is 570 g/mol. The molecule has 2 bridgehead atoms. The van der Waals surface area contributed by atoms with E-state index in [-0.39, 0.29) is 36.0 Å². The first kappa shape index (κ1) is 27.2. The van der Waals surface area contributed by atoms with Crippen LogP contribution in [-0.4, -0.2) is 41.2 Å². The Bertz CT molecular complexity index is 1470. The zero-order valence-corrected chi connectivity index (χ0v) is 23.9. The molecular formula is C33H31ClN2O5. The van der Waals surface area contributed by atoms with Gasteiger partial charge in [0.1, 0.15) is 6.04 Å². The lowest BCUT2D eigenvalue weighted by atomic mass is 9.55. The van der Waals surface area contributed by atoms with Gasteiger partial charge in [-0.2, -0.15) is 0 Å². The van der Waals surface area contributed by atoms with Crippen molar-refractivity contribution in [1.29, 1.82) is 0 Å². The molecule has 0 unspecified atom stereocenters. The van der Waals surface area contributed by atoms with Crippen molar-refractivity contribution < 1.29 is 23.9 Å². The van der Waals surface area contributed by atoms with E-state index < -0.39 is 36.4 Å². The third-order valence-corrected chi connectivity index (χ3v) is 9.06. The molecule has 0 saturated carbocycles. The largest absolute Gasteiger partial charge is 0.454 e. The maximum absolute atomic E-state index is 14.1. The van der Waals surface area contributed by atoms with E-state index in [4.69, 9.17) is 16.3 Å². The molecule has 3 aromatic rings. The fourth-order valence-electron chi connectivity index (χ4n) is 6.92. The molecule has 210 valence electrons. The van der Waals surface area contributed by atoms with Crippen LogP contribution in [0.1, 0.15) is 59.9 Å². The molecule has 8 heteroatoms. The lowest BCUT2D eigenvalue weighted by Crippen LogP contribution is -2.47. The Morgan fingerprint density at radius 3 is 1.85 bits per heavy atom. The van der Waals surface area contributed by atoms with E-state index in [9.17, 15) is 19.2 Å². The van der Waals surface area contributed by atoms with Gasteiger partial charge in [0, 0.05) is 22.5 Å². The van der Waals surface area contributed by atoms with Gasteiger partial charge in [-0.05, 0) is 59.2 Å². The summed E-state index contributed by atoms with van der Waals surface area (Å²) < 4.78 is 5.43. The normalized spacial score (nSPS) is 22.7. The van der Waals surface area contributed by atoms with Gasteiger partial charge in [0.15, 0.2) is 6.61 Å². The summed E-state index contributed by atoms with van der Waals surface area (Å²) in [6.07, 6.45) is 0.236. The fourth-order valence-corrected chi connectivity index (χ4v) is 7.10. The molecule has 4 aliphatic rings. The molecule has 41 heavy (non-hydrogen) atoms. The Hall–Kier alpha value is -3.97. The molecule has 0 radical (unpaired) electrons. The number of imide groups is 1. The predicted octanol–water partition coefficient (Wildman–Crippen LogP) is 5.44. The number of hydrogen-bond acceptors (Lipinski definition) is 5. The third kappa shape index (κ3) is 4.43. The van der Waals surface area contributed by atoms with E-state index in [2.05, 4.69) is 5.32 Å². The number of nitrogens with zero attached hydrogens (tertiary/aromatic N) is 1. The van der Waals surface area contributed by atoms with Crippen LogP contribution >= 0.6 is 11.6 Å². The summed E-state index contributed by atoms with van der Waals surface area (Å²) in [7, 11) is 0. The molecule has 3 amide bonds. The number of halogens is 1. The second-order valence-electron chi connectivity index (χ2n) is 11.5. The van der Waals surface area contributed by atoms with Crippen molar-refractivity contribution in [3.05, 3.63) is 99.6 Å². The van der Waals surface area contributed by atoms with Gasteiger partial charge in [-0.25, -0.2) is 4.79 Å². The van der Waals surface area contributed by atoms with Gasteiger partial charge in [0.05, 0.1) is 11.8 Å². The average Bonchev–Trinajstić information content (AvgIpc) is 3.22. The number of hydrogen-bond donors (Lipinski definition) is 1. The lowest BCUT2D eigenvalue weighted by Gasteiger charge is -2.45. The number of anilines is 1. The number of carbonyl (C=O) groups is 4. The van der Waals surface area contributed by atoms with E-state index in [1.165, 1.54) is 0 Å². The van der Waals surface area contributed by atoms with E-state index in [0.29, 0.717) is 16.3 Å². The highest BCUT2D eigenvalue weighted by Crippen LogP contribution is 2.61. The zero-order chi connectivity index (χ0) is 29.0. The molecule has 3 aromatic carbocycles. The summed E-state index contributed by atoms with van der Waals surface area (Å²) in [6.45, 7) is 5.06. The first-order valence-electron chi connectivity index (χ1n) is 13.9. The van der Waals surface area contributed by atoms with Crippen molar-refractivity contribution in [2.24, 2.45) is 17.8 Å². The van der Waals surface area contributed by atoms with Crippen LogP contribution in [0.25, 0.3) is 0 Å². The molecule has 1 aliphatic heterocycles. The molecular weight excluding hydrogens is 540 g/mol. The summed E-state index contributed by atoms with van der Waals surface area (Å²) in [4.78, 5) is 55.6. The van der Waals surface area contributed by atoms with Crippen LogP contribution < -0.4 is 5.32 Å². The Morgan fingerprint density at radius 2 is 1.37 bits per heavy atom. The van der Waals surface area contributed by atoms with Crippen LogP contribution in [0.3, 0.4) is 0 Å². The van der Waals surface area contributed by atoms with Gasteiger partial charge in [-0.1, -0.05) is 80.0 Å². The van der Waals surface area contributed by atoms with Crippen LogP contribution in [0.2, 0.25) is 5.02 Å². The summed E-state index contributed by atoms with van der Waals surface area (Å²) in [5.41, 5.74) is 5.47. The molecule has 7 rings (SSSR count). The maximum atomic E-state index is 14.1. The number of rotatable bonds is 7. The summed E-state index contributed by atoms with van der Waals surface area (Å²) in [5, 5.41) is 3.21. The molecule has 0 aromatic heterocycles. The van der Waals surface area contributed by atoms with Crippen molar-refractivity contribution in [2.75, 3.05) is 11.9 Å². The predicted molar refractivity (Wildman–Crippen MR) is 154 cm³/mol. The second-order valence-corrected chi connectivity index (χ2v) is 11.9. The van der Waals surface area contributed by atoms with E-state index in [1.54, 1.807) is 25.1 Å². The van der Waals surface area contributed by atoms with Crippen LogP contribution in [0.15, 0.2) is 66.7 Å². The van der Waals surface area contributed by atoms with Gasteiger partial charge in [-0.3, -0.25) is 19.3 Å². The topological polar surface area (TPSA) is 92.8 Å². The van der Waals surface area contributed by atoms with Gasteiger partial charge < -0.3 is 10.1 Å². The number of esters is 1. The Morgan fingerprint density at radius 1 is 0.854 bits per heavy atom. The number of nitrogens with one attached hydrogen (secondary N) is 1. The quantitative estimate of drug-likeness (QED) is 0.302. The molecule has 1 saturated heterocycles. The number of carbonyl (C=O) groups excluding carboxylic acids is 4. The Balaban J connectivity index is 1.27. The van der Waals surface area contributed by atoms with E-state index in [0.717, 1.165) is 27.2 Å². The first-order chi connectivity index (χ1) is 19.7. The van der Waals surface area contributed by atoms with Crippen LogP contribution in [0.5, 0.6) is 0 Å². The minimum Gasteiger partial charge on any atom is -0.454 e. The van der Waals surface area contributed by atoms with Crippen molar-refractivity contribution >= 4 is 41.0 Å². The van der Waals surface area contributed by atoms with E-state index >= 15 is 0 Å². The minimum absolute atomic E-state index is 0.00942. The van der Waals surface area contributed by atoms with Gasteiger partial charge in [-0.15, -0.1) is 0 Å². The zero-order valence-electron chi connectivity index (χ0n) is 23.1. The molecule has 1 N–H and O–H groups in total. The highest BCUT2D eigenvalue weighted by Gasteiger charge is 2.63. The van der Waals surface area contributed by atoms with Crippen LogP contribution in [0, 0.1) is 24.7 Å². The van der Waals surface area contributed by atoms with E-state index in [1.807, 2.05) is 62.4 Å². The smallest absolute Gasteiger partial charge is 0.329 e. The Kier molecular flexibility index (Phi) is 6.94. The van der Waals surface area contributed by atoms with Gasteiger partial charge in [0.2, 0.25) is 11.8 Å². The SMILES string of the molecule is Cc1c(Cl)cccc1NC(=O)COC(=O)[C@@H](CC(C)C)N1C(=O)[C@@H]2C3c4ccccc4C(c4ccccc43)[C@@H]2C1=O. The summed E-state index contributed by atoms with van der Waals surface area (Å²) in [6, 6.07) is 20.0. The lowest BCUT2D eigenvalue weighted by molar-refractivity contribution is -0.160. The van der Waals surface area contributed by atoms with Crippen LogP contribution in [0.4, 0.5) is 5.69 Å². The first-order valence-corrected chi connectivity index (χ1v) is 14.3. The molecule has 1 heterocycles. The van der Waals surface area contributed by atoms with Crippen LogP contribution in [-0.2, 0) is 23.9 Å². The molecule has 7 nitrogen and oxygen atoms in total. The van der Waals surface area contributed by atoms with Gasteiger partial charge >= 0.3 is 5.97 Å². The molecule has 0 spiro atoms. The summed E-state index contributed by atoms with van der Waals surface area (Å²) >= 11 is 6.14. The highest BCUT2D eigenvalue weighted by molar-refractivity contribution is 6.31. The number of ether oxygens (including phenoxy) is 1. The van der Waals surface area contributed by atoms with Crippen molar-refractivity contribution in [2.45, 2.75) is 45.1 Å². The molecule has 3 aliphatic carbocycles. The minimum atomic E-state index is -1.12. The summed E-state index contributed by atoms with van der Waals surface area (Å²) in [5.74, 6) is -3.71. The molecule has 1 fully saturated rings. The average molecular weight is 571 g/mol. The third-order valence-electron chi connectivity index (χ3n) is 8.65. The Labute approximate surface area is 243 Å². The van der Waals surface area contributed by atoms with Crippen molar-refractivity contribution in [3.63, 3.8) is 0 Å². The van der Waals surface area contributed by atoms with Gasteiger partial charge in [0.25, 0.3) is 5.91 Å². The standard InChI is InChI=1S/C33H31ClN2O5/c1-17(2)15-25(33(40)41-16-26(37)35-24-14-8-13-23(34)18(24)3)36-31(38)29-27-19-9-4-5-10-20(19)28(30(29)32(36)39)22-12-7-6-11-21(22)27/h4-14,17,25,27-30H,15-16H2,1-3H3,(H,35,37)/t25-,27?,28?,29-,30+/m1/s1. The van der Waals surface area contributed by atoms with Crippen molar-refractivity contribution in [1.82, 2.24) is 4.90 Å². The fraction of sp³-hybridized carbons (Fsp3) is 0.333. The number of amides is 3. The maximum Gasteiger partial charge on any atom is 0.329 e.